The van der Waals surface area contributed by atoms with Crippen LogP contribution < -0.4 is 23.7 Å². The number of hydrogen-bond donors (Lipinski definition) is 3. The molecule has 0 saturated carbocycles. The number of nitrogens with one attached hydrogen (secondary N) is 2. The van der Waals surface area contributed by atoms with Gasteiger partial charge in [0.05, 0.1) is 72.7 Å². The highest BCUT2D eigenvalue weighted by Crippen LogP contribution is 2.38. The Morgan fingerprint density at radius 1 is 0.639 bits per heavy atom. The maximum Gasteiger partial charge on any atom is 0.230 e. The van der Waals surface area contributed by atoms with E-state index in [0.717, 1.165) is 100 Å². The summed E-state index contributed by atoms with van der Waals surface area (Å²) in [6.07, 6.45) is 7.61. The van der Waals surface area contributed by atoms with Gasteiger partial charge in [0.15, 0.2) is 34.6 Å². The number of methoxy groups -OCH3 is 2. The fourth-order valence-corrected chi connectivity index (χ4v) is 8.48. The number of carbonyl (C=O) groups is 2. The second kappa shape index (κ2) is 24.0. The number of piperazine rings is 2. The second-order valence-electron chi connectivity index (χ2n) is 16.9. The molecule has 8 aromatic rings. The van der Waals surface area contributed by atoms with Crippen molar-refractivity contribution >= 4 is 67.0 Å². The molecule has 4 aromatic carbocycles. The van der Waals surface area contributed by atoms with Gasteiger partial charge in [-0.2, -0.15) is 10.2 Å². The highest BCUT2D eigenvalue weighted by molar-refractivity contribution is 6.34. The SMILES string of the molecule is COc1cc2c(Cl)ncnc2cc1OCCCN1CCN(C(C)=O)CC1.COc1cc2c(Oc3ccc4[nH]ncc4c3F)ncnc2cc1OCCCN1CCN(C(C)=O)CC1.Oc1ccc2[nH]ncc2c1. The first kappa shape index (κ1) is 50.8. The number of halogens is 2. The summed E-state index contributed by atoms with van der Waals surface area (Å²) >= 11 is 6.10. The first-order valence-corrected chi connectivity index (χ1v) is 23.8. The van der Waals surface area contributed by atoms with Gasteiger partial charge in [0, 0.05) is 102 Å². The van der Waals surface area contributed by atoms with Gasteiger partial charge in [-0.25, -0.2) is 24.3 Å². The number of H-pyrrole nitrogens is 2. The Labute approximate surface area is 418 Å². The Morgan fingerprint density at radius 3 is 1.78 bits per heavy atom. The highest BCUT2D eigenvalue weighted by Gasteiger charge is 2.21. The van der Waals surface area contributed by atoms with E-state index in [1.807, 2.05) is 15.9 Å². The zero-order valence-electron chi connectivity index (χ0n) is 40.4. The summed E-state index contributed by atoms with van der Waals surface area (Å²) in [7, 11) is 3.15. The monoisotopic (exact) mass is 1010 g/mol. The number of aromatic hydroxyl groups is 1. The normalized spacial score (nSPS) is 14.1. The Bertz CT molecular complexity index is 3130. The molecule has 2 aliphatic heterocycles. The van der Waals surface area contributed by atoms with Crippen LogP contribution in [0.2, 0.25) is 5.15 Å². The number of phenolic OH excluding ortho intramolecular Hbond substituents is 1. The smallest absolute Gasteiger partial charge is 0.230 e. The lowest BCUT2D eigenvalue weighted by molar-refractivity contribution is -0.131. The molecule has 6 heterocycles. The molecule has 0 bridgehead atoms. The largest absolute Gasteiger partial charge is 0.508 e. The first-order valence-electron chi connectivity index (χ1n) is 23.4. The fourth-order valence-electron chi connectivity index (χ4n) is 8.29. The number of fused-ring (bicyclic) bond motifs is 4. The molecule has 3 N–H and O–H groups in total. The van der Waals surface area contributed by atoms with Crippen molar-refractivity contribution in [3.8, 4) is 40.4 Å². The number of amides is 2. The average molecular weight is 1010 g/mol. The quantitative estimate of drug-likeness (QED) is 0.0747. The van der Waals surface area contributed by atoms with E-state index in [2.05, 4.69) is 50.1 Å². The lowest BCUT2D eigenvalue weighted by atomic mass is 10.2. The predicted molar refractivity (Wildman–Crippen MR) is 269 cm³/mol. The van der Waals surface area contributed by atoms with Gasteiger partial charge in [-0.3, -0.25) is 29.6 Å². The minimum absolute atomic E-state index is 0.0346. The molecule has 0 unspecified atom stereocenters. The maximum absolute atomic E-state index is 14.9. The van der Waals surface area contributed by atoms with Crippen molar-refractivity contribution in [2.75, 3.05) is 92.9 Å². The molecule has 20 nitrogen and oxygen atoms in total. The molecule has 4 aromatic heterocycles. The number of rotatable bonds is 14. The highest BCUT2D eigenvalue weighted by atomic mass is 35.5. The van der Waals surface area contributed by atoms with E-state index < -0.39 is 5.82 Å². The molecule has 2 aliphatic rings. The molecule has 0 atom stereocenters. The molecule has 378 valence electrons. The van der Waals surface area contributed by atoms with E-state index in [4.69, 9.17) is 40.4 Å². The third-order valence-corrected chi connectivity index (χ3v) is 12.6. The molecule has 0 spiro atoms. The Morgan fingerprint density at radius 2 is 1.18 bits per heavy atom. The standard InChI is InChI=1S/C25H27FN6O4.C18H23ClN4O3.C7H6N2O/c1-16(33)32-9-7-31(8-10-32)6-3-11-35-23-13-20-17(12-22(23)34-2)25(28-15-27-20)36-21-5-4-19-18(24(21)26)14-29-30-19;1-13(24)23-7-5-22(6-8-23)4-3-9-26-17-11-15-14(10-16(17)25-2)18(19)21-12-20-15;10-6-1-2-7-5(3-6)4-8-9-7/h4-5,12-15H,3,6-11H2,1-2H3,(H,29,30);10-12H,3-9H2,1-2H3;1-4,10H,(H,8,9). The predicted octanol–water partition coefficient (Wildman–Crippen LogP) is 6.87. The van der Waals surface area contributed by atoms with Gasteiger partial charge in [0.1, 0.15) is 23.6 Å². The number of benzene rings is 4. The Balaban J connectivity index is 0.000000167. The lowest BCUT2D eigenvalue weighted by Gasteiger charge is -2.34. The van der Waals surface area contributed by atoms with Crippen LogP contribution in [0.3, 0.4) is 0 Å². The van der Waals surface area contributed by atoms with E-state index in [-0.39, 0.29) is 29.2 Å². The summed E-state index contributed by atoms with van der Waals surface area (Å²) < 4.78 is 43.6. The van der Waals surface area contributed by atoms with Crippen molar-refractivity contribution in [2.45, 2.75) is 26.7 Å². The van der Waals surface area contributed by atoms with E-state index in [0.29, 0.717) is 63.2 Å². The van der Waals surface area contributed by atoms with E-state index in [1.165, 1.54) is 24.9 Å². The fraction of sp³-hybridized carbons (Fsp3) is 0.360. The summed E-state index contributed by atoms with van der Waals surface area (Å²) in [6, 6.07) is 15.4. The van der Waals surface area contributed by atoms with E-state index in [9.17, 15) is 14.0 Å². The van der Waals surface area contributed by atoms with Gasteiger partial charge in [-0.05, 0) is 55.3 Å². The van der Waals surface area contributed by atoms with Crippen LogP contribution in [0.4, 0.5) is 4.39 Å². The third-order valence-electron chi connectivity index (χ3n) is 12.3. The van der Waals surface area contributed by atoms with Crippen LogP contribution in [0, 0.1) is 5.82 Å². The van der Waals surface area contributed by atoms with Crippen LogP contribution >= 0.6 is 11.6 Å². The second-order valence-corrected chi connectivity index (χ2v) is 17.3. The molecule has 72 heavy (non-hydrogen) atoms. The zero-order valence-corrected chi connectivity index (χ0v) is 41.2. The maximum atomic E-state index is 14.9. The topological polar surface area (TPSA) is 222 Å². The van der Waals surface area contributed by atoms with Gasteiger partial charge >= 0.3 is 0 Å². The summed E-state index contributed by atoms with van der Waals surface area (Å²) in [5, 5.41) is 25.2. The number of hydrogen-bond acceptors (Lipinski definition) is 16. The van der Waals surface area contributed by atoms with Crippen molar-refractivity contribution in [3.05, 3.63) is 90.6 Å². The van der Waals surface area contributed by atoms with Gasteiger partial charge < -0.3 is 38.6 Å². The number of carbonyl (C=O) groups excluding carboxylic acids is 2. The molecule has 2 saturated heterocycles. The van der Waals surface area contributed by atoms with Crippen LogP contribution in [0.5, 0.6) is 40.4 Å². The third kappa shape index (κ3) is 12.6. The molecular formula is C50H56ClFN12O8. The van der Waals surface area contributed by atoms with Crippen LogP contribution in [0.25, 0.3) is 43.6 Å². The molecular weight excluding hydrogens is 951 g/mol. The summed E-state index contributed by atoms with van der Waals surface area (Å²) in [5.41, 5.74) is 2.83. The van der Waals surface area contributed by atoms with Crippen LogP contribution in [0.15, 0.2) is 79.6 Å². The Kier molecular flexibility index (Phi) is 16.9. The van der Waals surface area contributed by atoms with Crippen LogP contribution in [0.1, 0.15) is 26.7 Å². The minimum atomic E-state index is -0.525. The number of aromatic nitrogens is 8. The first-order chi connectivity index (χ1) is 35.0. The van der Waals surface area contributed by atoms with Crippen molar-refractivity contribution in [1.82, 2.24) is 59.9 Å². The number of nitrogens with zero attached hydrogens (tertiary/aromatic N) is 10. The molecule has 2 fully saturated rings. The van der Waals surface area contributed by atoms with Gasteiger partial charge in [-0.1, -0.05) is 11.6 Å². The van der Waals surface area contributed by atoms with E-state index in [1.54, 1.807) is 76.7 Å². The Hall–Kier alpha value is -7.62. The number of ether oxygens (including phenoxy) is 5. The molecule has 0 aliphatic carbocycles. The van der Waals surface area contributed by atoms with Gasteiger partial charge in [0.25, 0.3) is 0 Å². The van der Waals surface area contributed by atoms with Crippen molar-refractivity contribution in [1.29, 1.82) is 0 Å². The molecule has 2 amide bonds. The van der Waals surface area contributed by atoms with Crippen LogP contribution in [-0.2, 0) is 9.59 Å². The summed E-state index contributed by atoms with van der Waals surface area (Å²) in [4.78, 5) is 48.0. The average Bonchev–Trinajstić information content (AvgIpc) is 4.08. The van der Waals surface area contributed by atoms with Crippen molar-refractivity contribution in [3.63, 3.8) is 0 Å². The number of phenols is 1. The summed E-state index contributed by atoms with van der Waals surface area (Å²) in [5.74, 6) is 2.59. The zero-order chi connectivity index (χ0) is 50.6. The molecule has 10 rings (SSSR count). The number of aromatic amines is 2. The minimum Gasteiger partial charge on any atom is -0.508 e. The van der Waals surface area contributed by atoms with Crippen molar-refractivity contribution < 1.29 is 42.8 Å². The van der Waals surface area contributed by atoms with Crippen molar-refractivity contribution in [2.24, 2.45) is 0 Å². The summed E-state index contributed by atoms with van der Waals surface area (Å²) in [6.45, 7) is 12.8. The molecule has 0 radical (unpaired) electrons. The van der Waals surface area contributed by atoms with Gasteiger partial charge in [-0.15, -0.1) is 0 Å². The van der Waals surface area contributed by atoms with Crippen LogP contribution in [-0.4, -0.2) is 170 Å². The lowest BCUT2D eigenvalue weighted by Crippen LogP contribution is -2.48. The van der Waals surface area contributed by atoms with Gasteiger partial charge in [0.2, 0.25) is 17.7 Å². The van der Waals surface area contributed by atoms with E-state index >= 15 is 0 Å². The molecule has 22 heteroatoms.